The maximum absolute atomic E-state index is 12.3. The summed E-state index contributed by atoms with van der Waals surface area (Å²) in [5, 5.41) is 16.0. The summed E-state index contributed by atoms with van der Waals surface area (Å²) in [6.07, 6.45) is 0. The van der Waals surface area contributed by atoms with Crippen molar-refractivity contribution in [3.8, 4) is 23.1 Å². The van der Waals surface area contributed by atoms with Crippen LogP contribution in [0.1, 0.15) is 12.5 Å². The summed E-state index contributed by atoms with van der Waals surface area (Å²) < 4.78 is 6.51. The van der Waals surface area contributed by atoms with Crippen molar-refractivity contribution in [2.75, 3.05) is 11.9 Å². The summed E-state index contributed by atoms with van der Waals surface area (Å²) >= 11 is 0. The van der Waals surface area contributed by atoms with Gasteiger partial charge in [-0.3, -0.25) is 9.59 Å². The number of amides is 1. The molecule has 140 valence electrons. The molecule has 0 saturated heterocycles. The number of anilines is 1. The van der Waals surface area contributed by atoms with Gasteiger partial charge in [0.2, 0.25) is 5.91 Å². The summed E-state index contributed by atoms with van der Waals surface area (Å²) in [5.41, 5.74) is 1.71. The summed E-state index contributed by atoms with van der Waals surface area (Å²) in [6.45, 7) is 2.22. The molecule has 0 aliphatic rings. The Bertz CT molecular complexity index is 1080. The zero-order valence-corrected chi connectivity index (χ0v) is 15.3. The number of nitriles is 1. The molecule has 0 saturated carbocycles. The maximum Gasteiger partial charge on any atom is 0.267 e. The molecule has 0 unspecified atom stereocenters. The number of rotatable bonds is 6. The van der Waals surface area contributed by atoms with E-state index in [0.717, 1.165) is 16.0 Å². The van der Waals surface area contributed by atoms with Crippen LogP contribution in [0.25, 0.3) is 11.3 Å². The minimum Gasteiger partial charge on any atom is -0.494 e. The zero-order valence-electron chi connectivity index (χ0n) is 15.3. The highest BCUT2D eigenvalue weighted by atomic mass is 16.5. The molecule has 28 heavy (non-hydrogen) atoms. The van der Waals surface area contributed by atoms with Crippen molar-refractivity contribution in [2.24, 2.45) is 0 Å². The molecule has 0 aliphatic carbocycles. The van der Waals surface area contributed by atoms with E-state index >= 15 is 0 Å². The summed E-state index contributed by atoms with van der Waals surface area (Å²) in [4.78, 5) is 24.4. The van der Waals surface area contributed by atoms with E-state index in [0.29, 0.717) is 23.6 Å². The molecule has 0 fully saturated rings. The number of carbonyl (C=O) groups excluding carboxylic acids is 1. The van der Waals surface area contributed by atoms with Crippen molar-refractivity contribution in [3.63, 3.8) is 0 Å². The van der Waals surface area contributed by atoms with Gasteiger partial charge in [0.05, 0.1) is 23.6 Å². The number of hydrogen-bond donors (Lipinski definition) is 1. The standard InChI is InChI=1S/C21H18N4O3/c1-2-28-17-9-7-15(8-10-17)19-11-12-21(27)25(24-19)14-20(26)23-18-6-4-3-5-16(18)13-22/h3-12H,2,14H2,1H3,(H,23,26). The number of carbonyl (C=O) groups is 1. The van der Waals surface area contributed by atoms with E-state index in [9.17, 15) is 9.59 Å². The van der Waals surface area contributed by atoms with Crippen molar-refractivity contribution in [3.05, 3.63) is 76.6 Å². The fourth-order valence-electron chi connectivity index (χ4n) is 2.62. The average Bonchev–Trinajstić information content (AvgIpc) is 2.71. The molecule has 3 aromatic rings. The third kappa shape index (κ3) is 4.43. The molecule has 1 aromatic heterocycles. The van der Waals surface area contributed by atoms with E-state index in [4.69, 9.17) is 10.00 Å². The zero-order chi connectivity index (χ0) is 19.9. The maximum atomic E-state index is 12.3. The van der Waals surface area contributed by atoms with E-state index in [1.54, 1.807) is 30.3 Å². The van der Waals surface area contributed by atoms with Crippen LogP contribution in [0.4, 0.5) is 5.69 Å². The van der Waals surface area contributed by atoms with Crippen LogP contribution in [-0.2, 0) is 11.3 Å². The SMILES string of the molecule is CCOc1ccc(-c2ccc(=O)n(CC(=O)Nc3ccccc3C#N)n2)cc1. The van der Waals surface area contributed by atoms with Gasteiger partial charge in [-0.1, -0.05) is 12.1 Å². The molecule has 1 heterocycles. The van der Waals surface area contributed by atoms with E-state index in [2.05, 4.69) is 10.4 Å². The Kier molecular flexibility index (Phi) is 5.82. The first-order valence-electron chi connectivity index (χ1n) is 8.71. The lowest BCUT2D eigenvalue weighted by molar-refractivity contribution is -0.117. The molecule has 0 radical (unpaired) electrons. The quantitative estimate of drug-likeness (QED) is 0.716. The number of ether oxygens (including phenoxy) is 1. The van der Waals surface area contributed by atoms with Crippen molar-refractivity contribution < 1.29 is 9.53 Å². The number of benzene rings is 2. The molecule has 0 atom stereocenters. The molecule has 0 bridgehead atoms. The molecule has 1 N–H and O–H groups in total. The first-order chi connectivity index (χ1) is 13.6. The van der Waals surface area contributed by atoms with Gasteiger partial charge in [-0.25, -0.2) is 4.68 Å². The summed E-state index contributed by atoms with van der Waals surface area (Å²) in [6, 6.07) is 19.0. The summed E-state index contributed by atoms with van der Waals surface area (Å²) in [7, 11) is 0. The number of hydrogen-bond acceptors (Lipinski definition) is 5. The molecule has 7 nitrogen and oxygen atoms in total. The first kappa shape index (κ1) is 18.9. The Hall–Kier alpha value is -3.92. The number of nitrogens with zero attached hydrogens (tertiary/aromatic N) is 3. The van der Waals surface area contributed by atoms with Gasteiger partial charge in [-0.05, 0) is 49.4 Å². The van der Waals surface area contributed by atoms with Gasteiger partial charge in [0, 0.05) is 11.6 Å². The van der Waals surface area contributed by atoms with Gasteiger partial charge in [0.15, 0.2) is 0 Å². The lowest BCUT2D eigenvalue weighted by Crippen LogP contribution is -2.29. The predicted molar refractivity (Wildman–Crippen MR) is 105 cm³/mol. The molecular weight excluding hydrogens is 356 g/mol. The molecule has 0 spiro atoms. The van der Waals surface area contributed by atoms with Gasteiger partial charge in [0.1, 0.15) is 18.4 Å². The predicted octanol–water partition coefficient (Wildman–Crippen LogP) is 2.82. The third-order valence-corrected chi connectivity index (χ3v) is 3.94. The second-order valence-corrected chi connectivity index (χ2v) is 5.88. The normalized spacial score (nSPS) is 10.1. The van der Waals surface area contributed by atoms with Crippen molar-refractivity contribution in [1.29, 1.82) is 5.26 Å². The largest absolute Gasteiger partial charge is 0.494 e. The number of aromatic nitrogens is 2. The molecule has 0 aliphatic heterocycles. The molecular formula is C21H18N4O3. The van der Waals surface area contributed by atoms with Crippen LogP contribution in [0.2, 0.25) is 0 Å². The highest BCUT2D eigenvalue weighted by Crippen LogP contribution is 2.20. The Morgan fingerprint density at radius 2 is 1.89 bits per heavy atom. The lowest BCUT2D eigenvalue weighted by atomic mass is 10.1. The number of para-hydroxylation sites is 1. The van der Waals surface area contributed by atoms with Crippen LogP contribution in [0.3, 0.4) is 0 Å². The fourth-order valence-corrected chi connectivity index (χ4v) is 2.62. The van der Waals surface area contributed by atoms with Crippen LogP contribution in [0, 0.1) is 11.3 Å². The van der Waals surface area contributed by atoms with Gasteiger partial charge in [-0.2, -0.15) is 10.4 Å². The van der Waals surface area contributed by atoms with Crippen molar-refractivity contribution in [2.45, 2.75) is 13.5 Å². The van der Waals surface area contributed by atoms with Crippen LogP contribution in [0.15, 0.2) is 65.5 Å². The van der Waals surface area contributed by atoms with Crippen LogP contribution < -0.4 is 15.6 Å². The van der Waals surface area contributed by atoms with E-state index in [-0.39, 0.29) is 6.54 Å². The smallest absolute Gasteiger partial charge is 0.267 e. The van der Waals surface area contributed by atoms with Crippen LogP contribution in [-0.4, -0.2) is 22.3 Å². The van der Waals surface area contributed by atoms with Gasteiger partial charge >= 0.3 is 0 Å². The topological polar surface area (TPSA) is 97.0 Å². The second-order valence-electron chi connectivity index (χ2n) is 5.88. The Morgan fingerprint density at radius 3 is 2.61 bits per heavy atom. The summed E-state index contributed by atoms with van der Waals surface area (Å²) in [5.74, 6) is 0.302. The van der Waals surface area contributed by atoms with E-state index in [1.165, 1.54) is 6.07 Å². The second kappa shape index (κ2) is 8.64. The molecule has 7 heteroatoms. The first-order valence-corrected chi connectivity index (χ1v) is 8.71. The van der Waals surface area contributed by atoms with E-state index in [1.807, 2.05) is 37.3 Å². The Labute approximate surface area is 161 Å². The third-order valence-electron chi connectivity index (χ3n) is 3.94. The van der Waals surface area contributed by atoms with Crippen molar-refractivity contribution in [1.82, 2.24) is 9.78 Å². The average molecular weight is 374 g/mol. The fraction of sp³-hybridized carbons (Fsp3) is 0.143. The molecule has 2 aromatic carbocycles. The molecule has 1 amide bonds. The highest BCUT2D eigenvalue weighted by Gasteiger charge is 2.10. The van der Waals surface area contributed by atoms with Gasteiger partial charge in [0.25, 0.3) is 5.56 Å². The van der Waals surface area contributed by atoms with Crippen LogP contribution >= 0.6 is 0 Å². The minimum absolute atomic E-state index is 0.260. The Morgan fingerprint density at radius 1 is 1.14 bits per heavy atom. The monoisotopic (exact) mass is 374 g/mol. The highest BCUT2D eigenvalue weighted by molar-refractivity contribution is 5.91. The number of nitrogens with one attached hydrogen (secondary N) is 1. The van der Waals surface area contributed by atoms with Crippen molar-refractivity contribution >= 4 is 11.6 Å². The van der Waals surface area contributed by atoms with E-state index < -0.39 is 11.5 Å². The Balaban J connectivity index is 1.79. The van der Waals surface area contributed by atoms with Crippen LogP contribution in [0.5, 0.6) is 5.75 Å². The van der Waals surface area contributed by atoms with Gasteiger partial charge in [-0.15, -0.1) is 0 Å². The lowest BCUT2D eigenvalue weighted by Gasteiger charge is -2.09. The minimum atomic E-state index is -0.443. The van der Waals surface area contributed by atoms with Gasteiger partial charge < -0.3 is 10.1 Å². The molecule has 3 rings (SSSR count).